The van der Waals surface area contributed by atoms with E-state index in [1.807, 2.05) is 18.2 Å². The van der Waals surface area contributed by atoms with Crippen molar-refractivity contribution in [3.63, 3.8) is 0 Å². The van der Waals surface area contributed by atoms with Gasteiger partial charge >= 0.3 is 5.97 Å². The number of rotatable bonds is 3. The second kappa shape index (κ2) is 5.51. The number of carbonyl (C=O) groups excluding carboxylic acids is 1. The summed E-state index contributed by atoms with van der Waals surface area (Å²) in [4.78, 5) is 11.6. The normalized spacial score (nSPS) is 9.93. The Hall–Kier alpha value is -0.350. The smallest absolute Gasteiger partial charge is 0.339 e. The van der Waals surface area contributed by atoms with E-state index in [1.165, 1.54) is 0 Å². The minimum absolute atomic E-state index is 0.283. The van der Waals surface area contributed by atoms with E-state index in [1.54, 1.807) is 6.92 Å². The highest BCUT2D eigenvalue weighted by molar-refractivity contribution is 9.10. The Balaban J connectivity index is 3.10. The van der Waals surface area contributed by atoms with Gasteiger partial charge in [-0.25, -0.2) is 4.79 Å². The van der Waals surface area contributed by atoms with Crippen molar-refractivity contribution in [3.05, 3.63) is 33.8 Å². The molecule has 14 heavy (non-hydrogen) atoms. The van der Waals surface area contributed by atoms with Crippen LogP contribution < -0.4 is 0 Å². The first-order valence-corrected chi connectivity index (χ1v) is 6.12. The van der Waals surface area contributed by atoms with Crippen molar-refractivity contribution in [1.82, 2.24) is 0 Å². The molecule has 0 spiro atoms. The molecule has 2 nitrogen and oxygen atoms in total. The molecule has 0 aliphatic rings. The molecule has 1 aromatic carbocycles. The van der Waals surface area contributed by atoms with E-state index in [2.05, 4.69) is 31.9 Å². The van der Waals surface area contributed by atoms with Gasteiger partial charge in [0.05, 0.1) is 12.2 Å². The van der Waals surface area contributed by atoms with E-state index >= 15 is 0 Å². The Bertz CT molecular complexity index is 337. The fourth-order valence-electron chi connectivity index (χ4n) is 1.11. The number of ether oxygens (including phenoxy) is 1. The Morgan fingerprint density at radius 2 is 2.21 bits per heavy atom. The predicted octanol–water partition coefficient (Wildman–Crippen LogP) is 3.52. The molecule has 0 bridgehead atoms. The number of halogens is 2. The third kappa shape index (κ3) is 2.58. The van der Waals surface area contributed by atoms with E-state index in [-0.39, 0.29) is 5.97 Å². The zero-order valence-electron chi connectivity index (χ0n) is 7.72. The van der Waals surface area contributed by atoms with E-state index in [0.29, 0.717) is 17.5 Å². The highest BCUT2D eigenvalue weighted by Crippen LogP contribution is 2.23. The summed E-state index contributed by atoms with van der Waals surface area (Å²) in [5, 5.41) is 0.639. The summed E-state index contributed by atoms with van der Waals surface area (Å²) in [5.41, 5.74) is 1.53. The largest absolute Gasteiger partial charge is 0.462 e. The Morgan fingerprint density at radius 1 is 1.50 bits per heavy atom. The van der Waals surface area contributed by atoms with Gasteiger partial charge in [0.15, 0.2) is 0 Å². The van der Waals surface area contributed by atoms with Crippen LogP contribution in [-0.4, -0.2) is 12.6 Å². The number of benzene rings is 1. The van der Waals surface area contributed by atoms with E-state index in [0.717, 1.165) is 10.0 Å². The van der Waals surface area contributed by atoms with Crippen LogP contribution in [0.1, 0.15) is 22.8 Å². The predicted molar refractivity (Wildman–Crippen MR) is 62.7 cm³/mol. The molecule has 0 fully saturated rings. The van der Waals surface area contributed by atoms with Gasteiger partial charge < -0.3 is 4.74 Å². The number of alkyl halides is 1. The zero-order chi connectivity index (χ0) is 10.6. The summed E-state index contributed by atoms with van der Waals surface area (Å²) >= 11 is 6.67. The average molecular weight is 322 g/mol. The summed E-state index contributed by atoms with van der Waals surface area (Å²) in [5.74, 6) is -0.283. The molecule has 4 heteroatoms. The number of carbonyl (C=O) groups is 1. The first-order chi connectivity index (χ1) is 6.70. The SMILES string of the molecule is CCOC(=O)c1c(Br)cccc1CBr. The second-order valence-corrected chi connectivity index (χ2v) is 4.04. The average Bonchev–Trinajstić information content (AvgIpc) is 2.17. The number of esters is 1. The van der Waals surface area contributed by atoms with E-state index < -0.39 is 0 Å². The van der Waals surface area contributed by atoms with Crippen LogP contribution in [0.5, 0.6) is 0 Å². The molecular formula is C10H10Br2O2. The fraction of sp³-hybridized carbons (Fsp3) is 0.300. The van der Waals surface area contributed by atoms with Crippen molar-refractivity contribution in [2.24, 2.45) is 0 Å². The maximum atomic E-state index is 11.6. The van der Waals surface area contributed by atoms with Crippen molar-refractivity contribution in [2.45, 2.75) is 12.3 Å². The van der Waals surface area contributed by atoms with Gasteiger partial charge in [0.1, 0.15) is 0 Å². The van der Waals surface area contributed by atoms with Gasteiger partial charge in [-0.15, -0.1) is 0 Å². The molecule has 0 amide bonds. The molecule has 0 N–H and O–H groups in total. The summed E-state index contributed by atoms with van der Waals surface area (Å²) < 4.78 is 5.73. The first kappa shape index (κ1) is 11.7. The Kier molecular flexibility index (Phi) is 4.62. The van der Waals surface area contributed by atoms with Crippen molar-refractivity contribution >= 4 is 37.8 Å². The van der Waals surface area contributed by atoms with Crippen molar-refractivity contribution in [3.8, 4) is 0 Å². The molecule has 1 aromatic rings. The van der Waals surface area contributed by atoms with Crippen LogP contribution in [0.15, 0.2) is 22.7 Å². The van der Waals surface area contributed by atoms with Crippen molar-refractivity contribution in [2.75, 3.05) is 6.61 Å². The fourth-order valence-corrected chi connectivity index (χ4v) is 2.15. The number of hydrogen-bond acceptors (Lipinski definition) is 2. The van der Waals surface area contributed by atoms with Gasteiger partial charge in [0.25, 0.3) is 0 Å². The first-order valence-electron chi connectivity index (χ1n) is 4.21. The maximum absolute atomic E-state index is 11.6. The summed E-state index contributed by atoms with van der Waals surface area (Å²) in [6.07, 6.45) is 0. The summed E-state index contributed by atoms with van der Waals surface area (Å²) in [6, 6.07) is 5.62. The zero-order valence-corrected chi connectivity index (χ0v) is 10.9. The molecule has 0 aliphatic carbocycles. The standard InChI is InChI=1S/C10H10Br2O2/c1-2-14-10(13)9-7(6-11)4-3-5-8(9)12/h3-5H,2,6H2,1H3. The summed E-state index contributed by atoms with van der Waals surface area (Å²) in [7, 11) is 0. The Labute approximate surface area is 99.9 Å². The van der Waals surface area contributed by atoms with Crippen LogP contribution in [0, 0.1) is 0 Å². The lowest BCUT2D eigenvalue weighted by Gasteiger charge is -2.08. The van der Waals surface area contributed by atoms with E-state index in [9.17, 15) is 4.79 Å². The molecule has 0 radical (unpaired) electrons. The molecule has 0 unspecified atom stereocenters. The summed E-state index contributed by atoms with van der Waals surface area (Å²) in [6.45, 7) is 2.18. The van der Waals surface area contributed by atoms with Gasteiger partial charge in [-0.05, 0) is 34.5 Å². The molecular weight excluding hydrogens is 312 g/mol. The van der Waals surface area contributed by atoms with Crippen LogP contribution in [-0.2, 0) is 10.1 Å². The van der Waals surface area contributed by atoms with Gasteiger partial charge in [-0.1, -0.05) is 28.1 Å². The molecule has 0 heterocycles. The molecule has 76 valence electrons. The minimum atomic E-state index is -0.283. The molecule has 1 rings (SSSR count). The molecule has 0 atom stereocenters. The third-order valence-electron chi connectivity index (χ3n) is 1.72. The topological polar surface area (TPSA) is 26.3 Å². The molecule has 0 aliphatic heterocycles. The highest BCUT2D eigenvalue weighted by atomic mass is 79.9. The lowest BCUT2D eigenvalue weighted by molar-refractivity contribution is 0.0524. The monoisotopic (exact) mass is 320 g/mol. The van der Waals surface area contributed by atoms with Crippen LogP contribution in [0.4, 0.5) is 0 Å². The van der Waals surface area contributed by atoms with Gasteiger partial charge in [0.2, 0.25) is 0 Å². The lowest BCUT2D eigenvalue weighted by atomic mass is 10.1. The minimum Gasteiger partial charge on any atom is -0.462 e. The van der Waals surface area contributed by atoms with Crippen LogP contribution >= 0.6 is 31.9 Å². The quantitative estimate of drug-likeness (QED) is 0.629. The van der Waals surface area contributed by atoms with Gasteiger partial charge in [-0.2, -0.15) is 0 Å². The van der Waals surface area contributed by atoms with Crippen molar-refractivity contribution < 1.29 is 9.53 Å². The van der Waals surface area contributed by atoms with Crippen molar-refractivity contribution in [1.29, 1.82) is 0 Å². The number of hydrogen-bond donors (Lipinski definition) is 0. The van der Waals surface area contributed by atoms with E-state index in [4.69, 9.17) is 4.74 Å². The lowest BCUT2D eigenvalue weighted by Crippen LogP contribution is -2.08. The van der Waals surface area contributed by atoms with Crippen LogP contribution in [0.25, 0.3) is 0 Å². The highest BCUT2D eigenvalue weighted by Gasteiger charge is 2.14. The second-order valence-electron chi connectivity index (χ2n) is 2.63. The van der Waals surface area contributed by atoms with Gasteiger partial charge in [-0.3, -0.25) is 0 Å². The molecule has 0 aromatic heterocycles. The Morgan fingerprint density at radius 3 is 2.79 bits per heavy atom. The molecule has 0 saturated heterocycles. The van der Waals surface area contributed by atoms with Gasteiger partial charge in [0, 0.05) is 9.80 Å². The third-order valence-corrected chi connectivity index (χ3v) is 2.99. The molecule has 0 saturated carbocycles. The van der Waals surface area contributed by atoms with Crippen LogP contribution in [0.3, 0.4) is 0 Å². The maximum Gasteiger partial charge on any atom is 0.339 e. The van der Waals surface area contributed by atoms with Crippen LogP contribution in [0.2, 0.25) is 0 Å².